The van der Waals surface area contributed by atoms with Crippen molar-refractivity contribution in [1.82, 2.24) is 9.97 Å². The summed E-state index contributed by atoms with van der Waals surface area (Å²) in [6.07, 6.45) is 3.28. The Bertz CT molecular complexity index is 1260. The molecule has 2 heterocycles. The van der Waals surface area contributed by atoms with Crippen molar-refractivity contribution in [1.29, 1.82) is 0 Å². The molecule has 0 saturated heterocycles. The Labute approximate surface area is 179 Å². The van der Waals surface area contributed by atoms with Gasteiger partial charge in [0.2, 0.25) is 0 Å². The summed E-state index contributed by atoms with van der Waals surface area (Å²) in [7, 11) is 1.31. The molecule has 154 valence electrons. The highest BCUT2D eigenvalue weighted by Gasteiger charge is 2.13. The summed E-state index contributed by atoms with van der Waals surface area (Å²) in [4.78, 5) is 32.9. The van der Waals surface area contributed by atoms with E-state index < -0.39 is 5.97 Å². The molecule has 4 aromatic rings. The maximum Gasteiger partial charge on any atom is 0.356 e. The molecule has 0 aliphatic heterocycles. The zero-order chi connectivity index (χ0) is 21.6. The van der Waals surface area contributed by atoms with E-state index in [1.54, 1.807) is 36.7 Å². The monoisotopic (exact) mass is 412 g/mol. The van der Waals surface area contributed by atoms with Gasteiger partial charge in [0.25, 0.3) is 5.91 Å². The average Bonchev–Trinajstić information content (AvgIpc) is 2.82. The molecule has 0 aliphatic carbocycles. The maximum absolute atomic E-state index is 12.9. The van der Waals surface area contributed by atoms with Gasteiger partial charge >= 0.3 is 5.97 Å². The van der Waals surface area contributed by atoms with E-state index in [0.717, 1.165) is 16.3 Å². The Balaban J connectivity index is 1.50. The van der Waals surface area contributed by atoms with E-state index in [2.05, 4.69) is 20.6 Å². The predicted octanol–water partition coefficient (Wildman–Crippen LogP) is 4.28. The van der Waals surface area contributed by atoms with Crippen LogP contribution in [0.15, 0.2) is 79.1 Å². The smallest absolute Gasteiger partial charge is 0.356 e. The molecular formula is C24H20N4O3. The van der Waals surface area contributed by atoms with Gasteiger partial charge in [-0.25, -0.2) is 14.8 Å². The third kappa shape index (κ3) is 4.67. The van der Waals surface area contributed by atoms with Gasteiger partial charge in [0, 0.05) is 30.0 Å². The Morgan fingerprint density at radius 1 is 0.935 bits per heavy atom. The fourth-order valence-corrected chi connectivity index (χ4v) is 3.17. The maximum atomic E-state index is 12.9. The molecule has 4 rings (SSSR count). The number of hydrogen-bond donors (Lipinski definition) is 2. The predicted molar refractivity (Wildman–Crippen MR) is 119 cm³/mol. The van der Waals surface area contributed by atoms with Crippen LogP contribution in [0.2, 0.25) is 0 Å². The number of anilines is 2. The van der Waals surface area contributed by atoms with Crippen molar-refractivity contribution < 1.29 is 14.3 Å². The number of fused-ring (bicyclic) bond motifs is 1. The Morgan fingerprint density at radius 2 is 1.71 bits per heavy atom. The van der Waals surface area contributed by atoms with Crippen LogP contribution in [0.1, 0.15) is 26.4 Å². The topological polar surface area (TPSA) is 93.2 Å². The molecule has 2 N–H and O–H groups in total. The van der Waals surface area contributed by atoms with Crippen LogP contribution in [0.4, 0.5) is 11.5 Å². The fraction of sp³-hybridized carbons (Fsp3) is 0.0833. The van der Waals surface area contributed by atoms with Crippen LogP contribution in [0.3, 0.4) is 0 Å². The molecule has 0 unspecified atom stereocenters. The number of rotatable bonds is 6. The molecule has 2 aromatic carbocycles. The van der Waals surface area contributed by atoms with Crippen molar-refractivity contribution in [3.8, 4) is 0 Å². The van der Waals surface area contributed by atoms with Gasteiger partial charge in [-0.15, -0.1) is 0 Å². The first-order valence-electron chi connectivity index (χ1n) is 9.66. The van der Waals surface area contributed by atoms with E-state index in [0.29, 0.717) is 23.6 Å². The van der Waals surface area contributed by atoms with Crippen LogP contribution in [0.25, 0.3) is 10.8 Å². The molecule has 1 amide bonds. The number of methoxy groups -OCH3 is 1. The number of nitrogens with zero attached hydrogens (tertiary/aromatic N) is 2. The van der Waals surface area contributed by atoms with Crippen molar-refractivity contribution in [3.63, 3.8) is 0 Å². The minimum absolute atomic E-state index is 0.232. The van der Waals surface area contributed by atoms with Crippen LogP contribution in [-0.2, 0) is 11.3 Å². The molecular weight excluding hydrogens is 392 g/mol. The molecule has 7 heteroatoms. The standard InChI is InChI=1S/C24H20N4O3/c1-31-24(30)21-12-16(10-11-25-21)14-26-20-9-5-4-8-19(20)23(29)28-22-13-17-6-2-3-7-18(17)15-27-22/h2-13,15,26H,14H2,1H3,(H,27,28,29). The van der Waals surface area contributed by atoms with Gasteiger partial charge in [0.15, 0.2) is 0 Å². The van der Waals surface area contributed by atoms with Gasteiger partial charge in [0.1, 0.15) is 11.5 Å². The minimum Gasteiger partial charge on any atom is -0.464 e. The van der Waals surface area contributed by atoms with E-state index in [1.807, 2.05) is 42.5 Å². The van der Waals surface area contributed by atoms with E-state index >= 15 is 0 Å². The summed E-state index contributed by atoms with van der Waals surface area (Å²) in [6, 6.07) is 20.3. The summed E-state index contributed by atoms with van der Waals surface area (Å²) < 4.78 is 4.71. The number of amides is 1. The van der Waals surface area contributed by atoms with Crippen LogP contribution in [-0.4, -0.2) is 29.0 Å². The van der Waals surface area contributed by atoms with Gasteiger partial charge in [-0.3, -0.25) is 4.79 Å². The highest BCUT2D eigenvalue weighted by atomic mass is 16.5. The summed E-state index contributed by atoms with van der Waals surface area (Å²) >= 11 is 0. The number of benzene rings is 2. The van der Waals surface area contributed by atoms with Gasteiger partial charge in [-0.05, 0) is 41.3 Å². The average molecular weight is 412 g/mol. The second-order valence-electron chi connectivity index (χ2n) is 6.81. The van der Waals surface area contributed by atoms with Gasteiger partial charge in [-0.1, -0.05) is 36.4 Å². The first-order chi connectivity index (χ1) is 15.1. The number of hydrogen-bond acceptors (Lipinski definition) is 6. The first kappa shape index (κ1) is 20.0. The summed E-state index contributed by atoms with van der Waals surface area (Å²) in [5, 5.41) is 8.11. The minimum atomic E-state index is -0.496. The number of carbonyl (C=O) groups excluding carboxylic acids is 2. The number of carbonyl (C=O) groups is 2. The fourth-order valence-electron chi connectivity index (χ4n) is 3.17. The molecule has 7 nitrogen and oxygen atoms in total. The van der Waals surface area contributed by atoms with Crippen LogP contribution in [0, 0.1) is 0 Å². The van der Waals surface area contributed by atoms with Crippen molar-refractivity contribution >= 4 is 34.2 Å². The van der Waals surface area contributed by atoms with Crippen LogP contribution < -0.4 is 10.6 Å². The lowest BCUT2D eigenvalue weighted by molar-refractivity contribution is 0.0593. The quantitative estimate of drug-likeness (QED) is 0.459. The molecule has 0 spiro atoms. The van der Waals surface area contributed by atoms with Crippen LogP contribution >= 0.6 is 0 Å². The van der Waals surface area contributed by atoms with E-state index in [4.69, 9.17) is 4.74 Å². The second kappa shape index (κ2) is 9.04. The lowest BCUT2D eigenvalue weighted by atomic mass is 10.1. The lowest BCUT2D eigenvalue weighted by Crippen LogP contribution is -2.15. The molecule has 2 aromatic heterocycles. The summed E-state index contributed by atoms with van der Waals surface area (Å²) in [5.41, 5.74) is 2.22. The number of aromatic nitrogens is 2. The lowest BCUT2D eigenvalue weighted by Gasteiger charge is -2.12. The number of nitrogens with one attached hydrogen (secondary N) is 2. The Kier molecular flexibility index (Phi) is 5.84. The summed E-state index contributed by atoms with van der Waals surface area (Å²) in [6.45, 7) is 0.408. The molecule has 0 fully saturated rings. The number of ether oxygens (including phenoxy) is 1. The van der Waals surface area contributed by atoms with E-state index in [9.17, 15) is 9.59 Å². The highest BCUT2D eigenvalue weighted by molar-refractivity contribution is 6.08. The van der Waals surface area contributed by atoms with Crippen molar-refractivity contribution in [2.75, 3.05) is 17.7 Å². The van der Waals surface area contributed by atoms with Gasteiger partial charge in [0.05, 0.1) is 12.7 Å². The molecule has 31 heavy (non-hydrogen) atoms. The highest BCUT2D eigenvalue weighted by Crippen LogP contribution is 2.20. The van der Waals surface area contributed by atoms with Crippen molar-refractivity contribution in [2.45, 2.75) is 6.54 Å². The molecule has 0 saturated carbocycles. The Morgan fingerprint density at radius 3 is 2.55 bits per heavy atom. The SMILES string of the molecule is COC(=O)c1cc(CNc2ccccc2C(=O)Nc2cc3ccccc3cn2)ccn1. The van der Waals surface area contributed by atoms with E-state index in [1.165, 1.54) is 7.11 Å². The van der Waals surface area contributed by atoms with Gasteiger partial charge in [-0.2, -0.15) is 0 Å². The van der Waals surface area contributed by atoms with Crippen LogP contribution in [0.5, 0.6) is 0 Å². The van der Waals surface area contributed by atoms with Crippen molar-refractivity contribution in [2.24, 2.45) is 0 Å². The zero-order valence-electron chi connectivity index (χ0n) is 16.8. The third-order valence-corrected chi connectivity index (χ3v) is 4.75. The van der Waals surface area contributed by atoms with Crippen molar-refractivity contribution in [3.05, 3.63) is 95.9 Å². The molecule has 0 radical (unpaired) electrons. The largest absolute Gasteiger partial charge is 0.464 e. The second-order valence-corrected chi connectivity index (χ2v) is 6.81. The number of para-hydroxylation sites is 1. The molecule has 0 atom stereocenters. The van der Waals surface area contributed by atoms with E-state index in [-0.39, 0.29) is 11.6 Å². The normalized spacial score (nSPS) is 10.5. The third-order valence-electron chi connectivity index (χ3n) is 4.75. The number of pyridine rings is 2. The van der Waals surface area contributed by atoms with Gasteiger partial charge < -0.3 is 15.4 Å². The first-order valence-corrected chi connectivity index (χ1v) is 9.66. The number of esters is 1. The molecule has 0 aliphatic rings. The Hall–Kier alpha value is -4.26. The summed E-state index contributed by atoms with van der Waals surface area (Å²) in [5.74, 6) is -0.282. The molecule has 0 bridgehead atoms. The zero-order valence-corrected chi connectivity index (χ0v) is 16.8.